The topological polar surface area (TPSA) is 130 Å². The van der Waals surface area contributed by atoms with E-state index in [4.69, 9.17) is 14.0 Å². The van der Waals surface area contributed by atoms with Gasteiger partial charge >= 0.3 is 0 Å². The van der Waals surface area contributed by atoms with Crippen molar-refractivity contribution in [3.8, 4) is 16.3 Å². The fraction of sp³-hybridized carbons (Fsp3) is 0.622. The quantitative estimate of drug-likeness (QED) is 0.244. The molecule has 2 N–H and O–H groups in total. The number of ether oxygens (including phenoxy) is 2. The van der Waals surface area contributed by atoms with Crippen molar-refractivity contribution in [2.75, 3.05) is 32.8 Å². The highest BCUT2D eigenvalue weighted by molar-refractivity contribution is 7.13. The molecule has 0 radical (unpaired) electrons. The van der Waals surface area contributed by atoms with Gasteiger partial charge in [-0.1, -0.05) is 45.0 Å². The van der Waals surface area contributed by atoms with Crippen molar-refractivity contribution in [1.29, 1.82) is 0 Å². The van der Waals surface area contributed by atoms with Crippen molar-refractivity contribution in [1.82, 2.24) is 25.3 Å². The molecule has 3 aromatic rings. The molecule has 0 spiro atoms. The predicted octanol–water partition coefficient (Wildman–Crippen LogP) is 5.34. The molecule has 49 heavy (non-hydrogen) atoms. The van der Waals surface area contributed by atoms with E-state index in [2.05, 4.69) is 27.3 Å². The van der Waals surface area contributed by atoms with Crippen LogP contribution in [0.15, 0.2) is 40.4 Å². The number of aliphatic hydroxyl groups is 1. The zero-order chi connectivity index (χ0) is 34.7. The third-order valence-corrected chi connectivity index (χ3v) is 11.3. The van der Waals surface area contributed by atoms with Gasteiger partial charge in [-0.25, -0.2) is 4.98 Å². The number of hydrogen-bond donors (Lipinski definition) is 2. The van der Waals surface area contributed by atoms with Crippen molar-refractivity contribution in [3.05, 3.63) is 52.9 Å². The minimum absolute atomic E-state index is 0.0798. The fourth-order valence-electron chi connectivity index (χ4n) is 7.36. The van der Waals surface area contributed by atoms with Gasteiger partial charge in [0.25, 0.3) is 5.88 Å². The van der Waals surface area contributed by atoms with E-state index in [0.29, 0.717) is 30.5 Å². The number of rotatable bonds is 13. The lowest BCUT2D eigenvalue weighted by Gasteiger charge is -2.38. The number of nitrogens with zero attached hydrogens (tertiary/aromatic N) is 4. The molecule has 2 aliphatic heterocycles. The minimum atomic E-state index is -0.796. The van der Waals surface area contributed by atoms with Gasteiger partial charge in [0.15, 0.2) is 5.76 Å². The van der Waals surface area contributed by atoms with Crippen molar-refractivity contribution in [2.45, 2.75) is 103 Å². The van der Waals surface area contributed by atoms with Crippen LogP contribution in [0.25, 0.3) is 10.4 Å². The molecule has 11 nitrogen and oxygen atoms in total. The summed E-state index contributed by atoms with van der Waals surface area (Å²) in [5, 5.41) is 17.8. The number of β-amino-alcohol motifs (C(OH)–C–C–N with tert-alkyl or cyclic N) is 1. The first-order chi connectivity index (χ1) is 23.5. The Kier molecular flexibility index (Phi) is 11.4. The summed E-state index contributed by atoms with van der Waals surface area (Å²) < 4.78 is 17.8. The number of aliphatic hydroxyl groups excluding tert-OH is 1. The highest BCUT2D eigenvalue weighted by Crippen LogP contribution is 2.34. The number of likely N-dealkylation sites (tertiary alicyclic amines) is 2. The van der Waals surface area contributed by atoms with Crippen LogP contribution in [0.1, 0.15) is 88.8 Å². The van der Waals surface area contributed by atoms with Gasteiger partial charge in [-0.05, 0) is 67.7 Å². The Morgan fingerprint density at radius 1 is 1.10 bits per heavy atom. The molecule has 4 heterocycles. The molecule has 2 amide bonds. The number of aromatic nitrogens is 2. The number of piperidine rings is 1. The highest BCUT2D eigenvalue weighted by atomic mass is 32.1. The maximum Gasteiger partial charge on any atom is 0.254 e. The van der Waals surface area contributed by atoms with E-state index < -0.39 is 18.1 Å². The summed E-state index contributed by atoms with van der Waals surface area (Å²) in [6, 6.07) is 8.66. The van der Waals surface area contributed by atoms with Gasteiger partial charge in [-0.2, -0.15) is 0 Å². The summed E-state index contributed by atoms with van der Waals surface area (Å²) >= 11 is 1.60. The molecule has 6 rings (SSSR count). The highest BCUT2D eigenvalue weighted by Gasteiger charge is 2.43. The van der Waals surface area contributed by atoms with Gasteiger partial charge in [-0.3, -0.25) is 14.5 Å². The third-order valence-electron chi connectivity index (χ3n) is 10.3. The van der Waals surface area contributed by atoms with E-state index in [1.165, 1.54) is 17.7 Å². The average Bonchev–Trinajstić information content (AvgIpc) is 3.81. The standard InChI is InChI=1S/C37H51N5O6S/c1-22(2)34(32-19-33(40-48-32)46-15-14-41-12-10-29(11-13-41)47-30-16-23(3)17-30)37(45)42-20-28(43)18-31(42)36(44)39-24(4)26-6-8-27(9-7-26)35-25(5)38-21-49-35/h6-9,19,21-24,28-31,34,43H,10-18,20H2,1-5H3,(H,39,44)/t23-,24-,28+,30-,31-,34+/m0/s1. The van der Waals surface area contributed by atoms with Crippen LogP contribution in [0, 0.1) is 18.8 Å². The number of hydrogen-bond acceptors (Lipinski definition) is 10. The molecular weight excluding hydrogens is 643 g/mol. The van der Waals surface area contributed by atoms with Crippen LogP contribution in [0.4, 0.5) is 0 Å². The fourth-order valence-corrected chi connectivity index (χ4v) is 8.17. The van der Waals surface area contributed by atoms with E-state index in [1.807, 2.05) is 57.5 Å². The van der Waals surface area contributed by atoms with Crippen molar-refractivity contribution < 1.29 is 28.7 Å². The molecule has 3 aliphatic rings. The SMILES string of the molecule is Cc1ncsc1-c1ccc([C@H](C)NC(=O)[C@@H]2C[C@@H](O)CN2C(=O)[C@@H](c2cc(OCCN3CCC(O[C@H]4C[C@H](C)C4)CC3)no2)C(C)C)cc1. The van der Waals surface area contributed by atoms with E-state index >= 15 is 0 Å². The molecular formula is C37H51N5O6S. The molecule has 1 aromatic carbocycles. The molecule has 0 bridgehead atoms. The van der Waals surface area contributed by atoms with E-state index in [0.717, 1.165) is 60.1 Å². The number of aryl methyl sites for hydroxylation is 1. The first-order valence-electron chi connectivity index (χ1n) is 17.8. The van der Waals surface area contributed by atoms with Crippen LogP contribution < -0.4 is 10.1 Å². The normalized spacial score (nSPS) is 24.5. The Balaban J connectivity index is 1.01. The first kappa shape index (κ1) is 35.5. The second kappa shape index (κ2) is 15.7. The predicted molar refractivity (Wildman–Crippen MR) is 187 cm³/mol. The molecule has 12 heteroatoms. The second-order valence-corrected chi connectivity index (χ2v) is 15.4. The van der Waals surface area contributed by atoms with E-state index in [-0.39, 0.29) is 36.7 Å². The molecule has 3 fully saturated rings. The summed E-state index contributed by atoms with van der Waals surface area (Å²) in [7, 11) is 0. The number of benzene rings is 1. The van der Waals surface area contributed by atoms with Crippen LogP contribution >= 0.6 is 11.3 Å². The second-order valence-electron chi connectivity index (χ2n) is 14.5. The lowest BCUT2D eigenvalue weighted by molar-refractivity contribution is -0.141. The first-order valence-corrected chi connectivity index (χ1v) is 18.7. The molecule has 266 valence electrons. The Hall–Kier alpha value is -3.32. The third kappa shape index (κ3) is 8.53. The maximum absolute atomic E-state index is 14.0. The van der Waals surface area contributed by atoms with Crippen molar-refractivity contribution in [2.24, 2.45) is 11.8 Å². The van der Waals surface area contributed by atoms with E-state index in [1.54, 1.807) is 17.4 Å². The zero-order valence-electron chi connectivity index (χ0n) is 29.3. The van der Waals surface area contributed by atoms with Gasteiger partial charge in [0.1, 0.15) is 18.6 Å². The molecule has 2 saturated heterocycles. The van der Waals surface area contributed by atoms with Gasteiger partial charge in [-0.15, -0.1) is 11.3 Å². The van der Waals surface area contributed by atoms with Gasteiger partial charge in [0.2, 0.25) is 11.8 Å². The number of carbonyl (C=O) groups is 2. The summed E-state index contributed by atoms with van der Waals surface area (Å²) in [6.07, 6.45) is 4.66. The molecule has 0 unspecified atom stereocenters. The lowest BCUT2D eigenvalue weighted by Crippen LogP contribution is -2.48. The van der Waals surface area contributed by atoms with Crippen LogP contribution in [-0.2, 0) is 14.3 Å². The van der Waals surface area contributed by atoms with E-state index in [9.17, 15) is 14.7 Å². The summed E-state index contributed by atoms with van der Waals surface area (Å²) in [4.78, 5) is 36.9. The van der Waals surface area contributed by atoms with Gasteiger partial charge < -0.3 is 29.3 Å². The Morgan fingerprint density at radius 3 is 2.49 bits per heavy atom. The molecule has 2 aromatic heterocycles. The maximum atomic E-state index is 14.0. The van der Waals surface area contributed by atoms with Gasteiger partial charge in [0.05, 0.1) is 40.4 Å². The van der Waals surface area contributed by atoms with Crippen LogP contribution in [0.3, 0.4) is 0 Å². The summed E-state index contributed by atoms with van der Waals surface area (Å²) in [6.45, 7) is 13.4. The lowest BCUT2D eigenvalue weighted by atomic mass is 9.84. The monoisotopic (exact) mass is 693 g/mol. The van der Waals surface area contributed by atoms with Crippen LogP contribution in [-0.4, -0.2) is 94.0 Å². The summed E-state index contributed by atoms with van der Waals surface area (Å²) in [5.41, 5.74) is 4.85. The Bertz CT molecular complexity index is 1540. The van der Waals surface area contributed by atoms with Crippen LogP contribution in [0.5, 0.6) is 5.88 Å². The smallest absolute Gasteiger partial charge is 0.254 e. The number of amides is 2. The van der Waals surface area contributed by atoms with Crippen LogP contribution in [0.2, 0.25) is 0 Å². The Morgan fingerprint density at radius 2 is 1.84 bits per heavy atom. The largest absolute Gasteiger partial charge is 0.474 e. The zero-order valence-corrected chi connectivity index (χ0v) is 30.2. The number of nitrogens with one attached hydrogen (secondary N) is 1. The number of carbonyl (C=O) groups excluding carboxylic acids is 2. The van der Waals surface area contributed by atoms with Crippen molar-refractivity contribution >= 4 is 23.2 Å². The van der Waals surface area contributed by atoms with Gasteiger partial charge in [0, 0.05) is 38.7 Å². The molecule has 1 saturated carbocycles. The molecule has 4 atom stereocenters. The average molecular weight is 694 g/mol. The number of thiazole rings is 1. The Labute approximate surface area is 293 Å². The summed E-state index contributed by atoms with van der Waals surface area (Å²) in [5.74, 6) is 0.151. The van der Waals surface area contributed by atoms with Crippen molar-refractivity contribution in [3.63, 3.8) is 0 Å². The molecule has 1 aliphatic carbocycles. The minimum Gasteiger partial charge on any atom is -0.474 e.